The maximum atomic E-state index is 13.5. The van der Waals surface area contributed by atoms with Crippen molar-refractivity contribution in [1.29, 1.82) is 0 Å². The zero-order valence-electron chi connectivity index (χ0n) is 12.7. The number of nitrogens with one attached hydrogen (secondary N) is 2. The standard InChI is InChI=1S/C18H15FN4O/c19-16-4-2-1-3-14(16)11-21-17-6-5-15(12-22-17)23-18(24)13-7-9-20-10-8-13/h1-10,12H,11H2,(H,21,22)(H,23,24). The van der Waals surface area contributed by atoms with Crippen LogP contribution in [0.1, 0.15) is 15.9 Å². The molecule has 5 nitrogen and oxygen atoms in total. The summed E-state index contributed by atoms with van der Waals surface area (Å²) in [5, 5.41) is 5.79. The van der Waals surface area contributed by atoms with Crippen LogP contribution in [-0.2, 0) is 6.54 Å². The predicted octanol–water partition coefficient (Wildman–Crippen LogP) is 3.48. The van der Waals surface area contributed by atoms with Crippen molar-refractivity contribution in [3.63, 3.8) is 0 Å². The molecule has 0 saturated heterocycles. The van der Waals surface area contributed by atoms with E-state index in [-0.39, 0.29) is 11.7 Å². The van der Waals surface area contributed by atoms with Gasteiger partial charge in [0.1, 0.15) is 11.6 Å². The third-order valence-corrected chi connectivity index (χ3v) is 3.38. The van der Waals surface area contributed by atoms with Crippen molar-refractivity contribution >= 4 is 17.4 Å². The molecule has 2 aromatic heterocycles. The largest absolute Gasteiger partial charge is 0.366 e. The SMILES string of the molecule is O=C(Nc1ccc(NCc2ccccc2F)nc1)c1ccncc1. The molecule has 0 spiro atoms. The number of benzene rings is 1. The van der Waals surface area contributed by atoms with E-state index in [2.05, 4.69) is 20.6 Å². The smallest absolute Gasteiger partial charge is 0.255 e. The average molecular weight is 322 g/mol. The van der Waals surface area contributed by atoms with Crippen molar-refractivity contribution < 1.29 is 9.18 Å². The van der Waals surface area contributed by atoms with Crippen molar-refractivity contribution in [2.75, 3.05) is 10.6 Å². The normalized spacial score (nSPS) is 10.2. The molecule has 3 aromatic rings. The highest BCUT2D eigenvalue weighted by Gasteiger charge is 2.06. The van der Waals surface area contributed by atoms with Gasteiger partial charge in [-0.25, -0.2) is 9.37 Å². The minimum absolute atomic E-state index is 0.230. The fraction of sp³-hybridized carbons (Fsp3) is 0.0556. The average Bonchev–Trinajstić information content (AvgIpc) is 2.63. The van der Waals surface area contributed by atoms with Gasteiger partial charge in [-0.15, -0.1) is 0 Å². The summed E-state index contributed by atoms with van der Waals surface area (Å²) in [6.45, 7) is 0.336. The molecular formula is C18H15FN4O. The molecule has 0 saturated carbocycles. The molecule has 2 heterocycles. The molecule has 0 aliphatic heterocycles. The number of hydrogen-bond acceptors (Lipinski definition) is 4. The Morgan fingerprint density at radius 3 is 2.54 bits per heavy atom. The van der Waals surface area contributed by atoms with Gasteiger partial charge in [-0.3, -0.25) is 9.78 Å². The zero-order chi connectivity index (χ0) is 16.8. The lowest BCUT2D eigenvalue weighted by atomic mass is 10.2. The first-order valence-electron chi connectivity index (χ1n) is 7.37. The molecule has 6 heteroatoms. The van der Waals surface area contributed by atoms with Crippen molar-refractivity contribution in [1.82, 2.24) is 9.97 Å². The van der Waals surface area contributed by atoms with E-state index in [1.54, 1.807) is 61.1 Å². The Balaban J connectivity index is 1.59. The first-order chi connectivity index (χ1) is 11.7. The van der Waals surface area contributed by atoms with Crippen LogP contribution < -0.4 is 10.6 Å². The number of hydrogen-bond donors (Lipinski definition) is 2. The Morgan fingerprint density at radius 1 is 1.04 bits per heavy atom. The predicted molar refractivity (Wildman–Crippen MR) is 90.2 cm³/mol. The van der Waals surface area contributed by atoms with E-state index in [1.807, 2.05) is 0 Å². The molecular weight excluding hydrogens is 307 g/mol. The van der Waals surface area contributed by atoms with Crippen LogP contribution in [-0.4, -0.2) is 15.9 Å². The third kappa shape index (κ3) is 3.92. The van der Waals surface area contributed by atoms with E-state index >= 15 is 0 Å². The minimum atomic E-state index is -0.258. The Labute approximate surface area is 138 Å². The summed E-state index contributed by atoms with van der Waals surface area (Å²) < 4.78 is 13.5. The van der Waals surface area contributed by atoms with Crippen molar-refractivity contribution in [2.45, 2.75) is 6.54 Å². The maximum Gasteiger partial charge on any atom is 0.255 e. The molecule has 0 bridgehead atoms. The molecule has 0 atom stereocenters. The number of carbonyl (C=O) groups is 1. The monoisotopic (exact) mass is 322 g/mol. The van der Waals surface area contributed by atoms with Crippen LogP contribution in [0.4, 0.5) is 15.9 Å². The van der Waals surface area contributed by atoms with Crippen LogP contribution in [0.25, 0.3) is 0 Å². The number of anilines is 2. The van der Waals surface area contributed by atoms with Crippen LogP contribution in [0, 0.1) is 5.82 Å². The lowest BCUT2D eigenvalue weighted by molar-refractivity contribution is 0.102. The highest BCUT2D eigenvalue weighted by molar-refractivity contribution is 6.04. The molecule has 120 valence electrons. The summed E-state index contributed by atoms with van der Waals surface area (Å²) in [5.41, 5.74) is 1.66. The maximum absolute atomic E-state index is 13.5. The Kier molecular flexibility index (Phi) is 4.76. The van der Waals surface area contributed by atoms with E-state index in [1.165, 1.54) is 6.07 Å². The minimum Gasteiger partial charge on any atom is -0.366 e. The van der Waals surface area contributed by atoms with Gasteiger partial charge >= 0.3 is 0 Å². The number of carbonyl (C=O) groups excluding carboxylic acids is 1. The second-order valence-electron chi connectivity index (χ2n) is 5.07. The second kappa shape index (κ2) is 7.32. The lowest BCUT2D eigenvalue weighted by Crippen LogP contribution is -2.12. The Hall–Kier alpha value is -3.28. The summed E-state index contributed by atoms with van der Waals surface area (Å²) in [5.74, 6) is 0.109. The van der Waals surface area contributed by atoms with E-state index < -0.39 is 0 Å². The first-order valence-corrected chi connectivity index (χ1v) is 7.37. The number of halogens is 1. The highest BCUT2D eigenvalue weighted by Crippen LogP contribution is 2.13. The van der Waals surface area contributed by atoms with Gasteiger partial charge in [0.15, 0.2) is 0 Å². The summed E-state index contributed by atoms with van der Waals surface area (Å²) in [6.07, 6.45) is 4.66. The highest BCUT2D eigenvalue weighted by atomic mass is 19.1. The fourth-order valence-electron chi connectivity index (χ4n) is 2.11. The Bertz CT molecular complexity index is 822. The molecule has 0 unspecified atom stereocenters. The number of aromatic nitrogens is 2. The van der Waals surface area contributed by atoms with Crippen molar-refractivity contribution in [2.24, 2.45) is 0 Å². The van der Waals surface area contributed by atoms with Crippen LogP contribution in [0.2, 0.25) is 0 Å². The second-order valence-corrected chi connectivity index (χ2v) is 5.07. The molecule has 0 radical (unpaired) electrons. The van der Waals surface area contributed by atoms with Crippen molar-refractivity contribution in [3.05, 3.63) is 84.1 Å². The number of pyridine rings is 2. The molecule has 0 fully saturated rings. The molecule has 0 aliphatic carbocycles. The van der Waals surface area contributed by atoms with Gasteiger partial charge in [0.2, 0.25) is 0 Å². The summed E-state index contributed by atoms with van der Waals surface area (Å²) >= 11 is 0. The van der Waals surface area contributed by atoms with Gasteiger partial charge in [0, 0.05) is 30.1 Å². The fourth-order valence-corrected chi connectivity index (χ4v) is 2.11. The van der Waals surface area contributed by atoms with Gasteiger partial charge in [-0.05, 0) is 30.3 Å². The summed E-state index contributed by atoms with van der Waals surface area (Å²) in [6, 6.07) is 13.3. The van der Waals surface area contributed by atoms with Gasteiger partial charge in [0.25, 0.3) is 5.91 Å². The van der Waals surface area contributed by atoms with Crippen LogP contribution in [0.3, 0.4) is 0 Å². The van der Waals surface area contributed by atoms with E-state index in [9.17, 15) is 9.18 Å². The lowest BCUT2D eigenvalue weighted by Gasteiger charge is -2.08. The molecule has 1 aromatic carbocycles. The quantitative estimate of drug-likeness (QED) is 0.755. The topological polar surface area (TPSA) is 66.9 Å². The van der Waals surface area contributed by atoms with Crippen molar-refractivity contribution in [3.8, 4) is 0 Å². The number of nitrogens with zero attached hydrogens (tertiary/aromatic N) is 2. The van der Waals surface area contributed by atoms with Gasteiger partial charge < -0.3 is 10.6 Å². The molecule has 24 heavy (non-hydrogen) atoms. The third-order valence-electron chi connectivity index (χ3n) is 3.38. The van der Waals surface area contributed by atoms with E-state index in [4.69, 9.17) is 0 Å². The summed E-state index contributed by atoms with van der Waals surface area (Å²) in [4.78, 5) is 20.1. The van der Waals surface area contributed by atoms with E-state index in [0.717, 1.165) is 0 Å². The number of rotatable bonds is 5. The number of amides is 1. The summed E-state index contributed by atoms with van der Waals surface area (Å²) in [7, 11) is 0. The molecule has 0 aliphatic rings. The van der Waals surface area contributed by atoms with Gasteiger partial charge in [-0.1, -0.05) is 18.2 Å². The van der Waals surface area contributed by atoms with Crippen LogP contribution in [0.5, 0.6) is 0 Å². The molecule has 3 rings (SSSR count). The van der Waals surface area contributed by atoms with E-state index in [0.29, 0.717) is 29.2 Å². The van der Waals surface area contributed by atoms with Crippen LogP contribution >= 0.6 is 0 Å². The molecule has 2 N–H and O–H groups in total. The first kappa shape index (κ1) is 15.6. The van der Waals surface area contributed by atoms with Gasteiger partial charge in [0.05, 0.1) is 11.9 Å². The zero-order valence-corrected chi connectivity index (χ0v) is 12.7. The Morgan fingerprint density at radius 2 is 1.83 bits per heavy atom. The van der Waals surface area contributed by atoms with Crippen LogP contribution in [0.15, 0.2) is 67.1 Å². The van der Waals surface area contributed by atoms with Gasteiger partial charge in [-0.2, -0.15) is 0 Å². The molecule has 1 amide bonds.